The van der Waals surface area contributed by atoms with Crippen LogP contribution in [-0.4, -0.2) is 26.6 Å². The lowest BCUT2D eigenvalue weighted by Gasteiger charge is -2.08. The Bertz CT molecular complexity index is 1080. The standard InChI is InChI=1S/C19H18Cl2N6O4/c20-10-3-14(16(28)5-12(10)22)24-18(30)7-26-1-2-27(9-26)8-19(31)25-15-4-11(21)13(23)6-17(15)29/h1-6,9H,7-8,22-23H2,(H3-,24,25,28,29,30,31)/p+1. The van der Waals surface area contributed by atoms with Crippen molar-refractivity contribution in [3.05, 3.63) is 53.0 Å². The van der Waals surface area contributed by atoms with Crippen molar-refractivity contribution in [3.8, 4) is 11.5 Å². The molecule has 0 unspecified atom stereocenters. The maximum absolute atomic E-state index is 12.2. The van der Waals surface area contributed by atoms with Gasteiger partial charge in [-0.1, -0.05) is 23.2 Å². The molecule has 3 rings (SSSR count). The van der Waals surface area contributed by atoms with Gasteiger partial charge in [0.05, 0.1) is 32.8 Å². The van der Waals surface area contributed by atoms with E-state index in [4.69, 9.17) is 34.7 Å². The van der Waals surface area contributed by atoms with Crippen molar-refractivity contribution in [1.29, 1.82) is 0 Å². The number of nitrogens with two attached hydrogens (primary N) is 2. The Kier molecular flexibility index (Phi) is 6.42. The van der Waals surface area contributed by atoms with Crippen LogP contribution in [0.5, 0.6) is 11.5 Å². The number of hydrogen-bond donors (Lipinski definition) is 6. The molecular weight excluding hydrogens is 447 g/mol. The highest BCUT2D eigenvalue weighted by Crippen LogP contribution is 2.32. The number of aromatic nitrogens is 2. The summed E-state index contributed by atoms with van der Waals surface area (Å²) in [7, 11) is 0. The topological polar surface area (TPSA) is 160 Å². The van der Waals surface area contributed by atoms with Gasteiger partial charge < -0.3 is 32.3 Å². The Hall–Kier alpha value is -3.63. The molecule has 1 heterocycles. The van der Waals surface area contributed by atoms with Crippen molar-refractivity contribution in [2.75, 3.05) is 22.1 Å². The molecule has 0 saturated carbocycles. The second-order valence-corrected chi connectivity index (χ2v) is 7.45. The van der Waals surface area contributed by atoms with Crippen LogP contribution in [0.15, 0.2) is 43.0 Å². The number of aromatic hydroxyl groups is 2. The third-order valence-electron chi connectivity index (χ3n) is 4.18. The van der Waals surface area contributed by atoms with Crippen LogP contribution in [0.3, 0.4) is 0 Å². The fraction of sp³-hybridized carbons (Fsp3) is 0.105. The quantitative estimate of drug-likeness (QED) is 0.185. The summed E-state index contributed by atoms with van der Waals surface area (Å²) in [4.78, 5) is 24.5. The predicted molar refractivity (Wildman–Crippen MR) is 117 cm³/mol. The van der Waals surface area contributed by atoms with Crippen LogP contribution in [0.25, 0.3) is 0 Å². The van der Waals surface area contributed by atoms with Gasteiger partial charge >= 0.3 is 0 Å². The molecule has 2 aromatic carbocycles. The summed E-state index contributed by atoms with van der Waals surface area (Å²) in [6.45, 7) is -0.158. The molecule has 0 aliphatic heterocycles. The molecule has 10 nitrogen and oxygen atoms in total. The summed E-state index contributed by atoms with van der Waals surface area (Å²) in [5, 5.41) is 25.2. The Morgan fingerprint density at radius 2 is 1.45 bits per heavy atom. The maximum atomic E-state index is 12.2. The van der Waals surface area contributed by atoms with Gasteiger partial charge in [-0.25, -0.2) is 9.13 Å². The molecule has 0 radical (unpaired) electrons. The highest BCUT2D eigenvalue weighted by molar-refractivity contribution is 6.34. The molecule has 0 aliphatic rings. The van der Waals surface area contributed by atoms with Crippen LogP contribution in [0.2, 0.25) is 10.0 Å². The summed E-state index contributed by atoms with van der Waals surface area (Å²) in [6.07, 6.45) is 4.74. The molecule has 2 amide bonds. The lowest BCUT2D eigenvalue weighted by atomic mass is 10.2. The van der Waals surface area contributed by atoms with Gasteiger partial charge in [-0.15, -0.1) is 0 Å². The van der Waals surface area contributed by atoms with Gasteiger partial charge in [-0.2, -0.15) is 0 Å². The van der Waals surface area contributed by atoms with E-state index in [1.807, 2.05) is 0 Å². The molecule has 0 aliphatic carbocycles. The number of phenols is 2. The zero-order chi connectivity index (χ0) is 22.7. The van der Waals surface area contributed by atoms with Gasteiger partial charge in [0.15, 0.2) is 13.1 Å². The van der Waals surface area contributed by atoms with Crippen molar-refractivity contribution in [1.82, 2.24) is 4.57 Å². The van der Waals surface area contributed by atoms with E-state index in [0.29, 0.717) is 0 Å². The van der Waals surface area contributed by atoms with Crippen LogP contribution in [0.4, 0.5) is 22.7 Å². The lowest BCUT2D eigenvalue weighted by molar-refractivity contribution is -0.683. The Labute approximate surface area is 186 Å². The van der Waals surface area contributed by atoms with Crippen LogP contribution < -0.4 is 26.7 Å². The predicted octanol–water partition coefficient (Wildman–Crippen LogP) is 1.94. The van der Waals surface area contributed by atoms with Crippen LogP contribution >= 0.6 is 23.2 Å². The number of nitrogens with zero attached hydrogens (tertiary/aromatic N) is 2. The summed E-state index contributed by atoms with van der Waals surface area (Å²) >= 11 is 11.8. The number of rotatable bonds is 6. The third-order valence-corrected chi connectivity index (χ3v) is 4.83. The average Bonchev–Trinajstić information content (AvgIpc) is 3.10. The smallest absolute Gasteiger partial charge is 0.266 e. The van der Waals surface area contributed by atoms with E-state index >= 15 is 0 Å². The number of carbonyl (C=O) groups is 2. The van der Waals surface area contributed by atoms with Crippen molar-refractivity contribution in [3.63, 3.8) is 0 Å². The van der Waals surface area contributed by atoms with E-state index < -0.39 is 11.8 Å². The van der Waals surface area contributed by atoms with Crippen molar-refractivity contribution >= 4 is 57.8 Å². The number of halogens is 2. The molecule has 0 bridgehead atoms. The first-order valence-electron chi connectivity index (χ1n) is 8.83. The van der Waals surface area contributed by atoms with E-state index in [1.165, 1.54) is 33.4 Å². The van der Waals surface area contributed by atoms with Gasteiger partial charge in [0.25, 0.3) is 11.8 Å². The Balaban J connectivity index is 1.59. The number of carbonyl (C=O) groups excluding carboxylic acids is 2. The SMILES string of the molecule is Nc1cc(O)c(NC(=O)Cn2cc[n+](CC(=O)Nc3cc(Cl)c(N)cc3O)c2)cc1Cl. The summed E-state index contributed by atoms with van der Waals surface area (Å²) < 4.78 is 3.08. The second-order valence-electron chi connectivity index (χ2n) is 6.64. The Morgan fingerprint density at radius 1 is 0.935 bits per heavy atom. The maximum Gasteiger partial charge on any atom is 0.266 e. The number of imidazole rings is 1. The first kappa shape index (κ1) is 22.1. The molecular formula is C19H19Cl2N6O4+. The van der Waals surface area contributed by atoms with E-state index in [-0.39, 0.29) is 57.4 Å². The number of phenolic OH excluding ortho intramolecular Hbond substituents is 2. The molecule has 12 heteroatoms. The van der Waals surface area contributed by atoms with E-state index in [0.717, 1.165) is 0 Å². The van der Waals surface area contributed by atoms with Gasteiger partial charge in [0.2, 0.25) is 6.33 Å². The highest BCUT2D eigenvalue weighted by atomic mass is 35.5. The third kappa shape index (κ3) is 5.50. The molecule has 31 heavy (non-hydrogen) atoms. The largest absolute Gasteiger partial charge is 0.506 e. The normalized spacial score (nSPS) is 10.6. The van der Waals surface area contributed by atoms with Crippen molar-refractivity contribution in [2.45, 2.75) is 13.1 Å². The summed E-state index contributed by atoms with van der Waals surface area (Å²) in [5.41, 5.74) is 11.8. The second kappa shape index (κ2) is 9.02. The molecule has 1 aromatic heterocycles. The number of benzene rings is 2. The molecule has 8 N–H and O–H groups in total. The van der Waals surface area contributed by atoms with Crippen LogP contribution in [0, 0.1) is 0 Å². The summed E-state index contributed by atoms with van der Waals surface area (Å²) in [5.74, 6) is -1.27. The van der Waals surface area contributed by atoms with E-state index in [2.05, 4.69) is 10.6 Å². The highest BCUT2D eigenvalue weighted by Gasteiger charge is 2.16. The minimum Gasteiger partial charge on any atom is -0.506 e. The van der Waals surface area contributed by atoms with Gasteiger partial charge in [-0.3, -0.25) is 9.59 Å². The summed E-state index contributed by atoms with van der Waals surface area (Å²) in [6, 6.07) is 5.19. The van der Waals surface area contributed by atoms with Crippen LogP contribution in [-0.2, 0) is 22.7 Å². The van der Waals surface area contributed by atoms with Crippen molar-refractivity contribution in [2.24, 2.45) is 0 Å². The van der Waals surface area contributed by atoms with Gasteiger partial charge in [0, 0.05) is 12.1 Å². The molecule has 0 saturated heterocycles. The van der Waals surface area contributed by atoms with E-state index in [1.54, 1.807) is 18.7 Å². The first-order valence-corrected chi connectivity index (χ1v) is 9.58. The molecule has 0 spiro atoms. The van der Waals surface area contributed by atoms with E-state index in [9.17, 15) is 19.8 Å². The molecule has 162 valence electrons. The molecule has 3 aromatic rings. The lowest BCUT2D eigenvalue weighted by Crippen LogP contribution is -2.38. The minimum absolute atomic E-state index is 0.0790. The molecule has 0 atom stereocenters. The number of nitrogens with one attached hydrogen (secondary N) is 2. The zero-order valence-corrected chi connectivity index (χ0v) is 17.5. The Morgan fingerprint density at radius 3 is 2.00 bits per heavy atom. The minimum atomic E-state index is -0.426. The van der Waals surface area contributed by atoms with Gasteiger partial charge in [-0.05, 0) is 12.1 Å². The number of anilines is 4. The number of hydrogen-bond acceptors (Lipinski definition) is 6. The van der Waals surface area contributed by atoms with Gasteiger partial charge in [0.1, 0.15) is 23.9 Å². The van der Waals surface area contributed by atoms with Crippen molar-refractivity contribution < 1.29 is 24.4 Å². The van der Waals surface area contributed by atoms with Crippen LogP contribution in [0.1, 0.15) is 0 Å². The fourth-order valence-electron chi connectivity index (χ4n) is 2.69. The fourth-order valence-corrected chi connectivity index (χ4v) is 3.02. The number of nitrogen functional groups attached to an aromatic ring is 2. The number of amides is 2. The molecule has 0 fully saturated rings. The monoisotopic (exact) mass is 465 g/mol. The zero-order valence-electron chi connectivity index (χ0n) is 16.0. The first-order chi connectivity index (χ1) is 14.6. The average molecular weight is 466 g/mol.